The molecule has 0 bridgehead atoms. The van der Waals surface area contributed by atoms with Crippen LogP contribution in [0.3, 0.4) is 0 Å². The van der Waals surface area contributed by atoms with Gasteiger partial charge in [0.1, 0.15) is 0 Å². The van der Waals surface area contributed by atoms with Crippen LogP contribution in [0.15, 0.2) is 78.9 Å². The predicted octanol–water partition coefficient (Wildman–Crippen LogP) is 4.14. The number of aliphatic hydroxyl groups excluding tert-OH is 1. The summed E-state index contributed by atoms with van der Waals surface area (Å²) in [5.74, 6) is -0.149. The fourth-order valence-corrected chi connectivity index (χ4v) is 2.98. The van der Waals surface area contributed by atoms with Crippen LogP contribution in [-0.4, -0.2) is 30.8 Å². The van der Waals surface area contributed by atoms with Crippen molar-refractivity contribution < 1.29 is 14.6 Å². The van der Waals surface area contributed by atoms with Crippen molar-refractivity contribution in [3.8, 4) is 11.1 Å². The van der Waals surface area contributed by atoms with Gasteiger partial charge in [-0.05, 0) is 35.7 Å². The van der Waals surface area contributed by atoms with Crippen LogP contribution in [0.2, 0.25) is 0 Å². The molecular weight excluding hydrogens is 350 g/mol. The first kappa shape index (κ1) is 19.8. The highest BCUT2D eigenvalue weighted by atomic mass is 16.5. The van der Waals surface area contributed by atoms with Gasteiger partial charge in [-0.1, -0.05) is 72.3 Å². The first-order chi connectivity index (χ1) is 13.7. The van der Waals surface area contributed by atoms with E-state index in [2.05, 4.69) is 5.32 Å². The van der Waals surface area contributed by atoms with Gasteiger partial charge < -0.3 is 15.2 Å². The molecule has 3 rings (SSSR count). The second kappa shape index (κ2) is 9.83. The molecule has 3 aromatic carbocycles. The van der Waals surface area contributed by atoms with E-state index in [4.69, 9.17) is 9.84 Å². The van der Waals surface area contributed by atoms with Gasteiger partial charge in [0.2, 0.25) is 0 Å². The third-order valence-electron chi connectivity index (χ3n) is 4.56. The number of hydrogen-bond acceptors (Lipinski definition) is 3. The van der Waals surface area contributed by atoms with Crippen molar-refractivity contribution in [2.75, 3.05) is 19.8 Å². The molecule has 0 radical (unpaired) electrons. The molecular formula is C24H25NO3. The van der Waals surface area contributed by atoms with Gasteiger partial charge in [-0.15, -0.1) is 0 Å². The third-order valence-corrected chi connectivity index (χ3v) is 4.56. The highest BCUT2D eigenvalue weighted by Gasteiger charge is 2.14. The van der Waals surface area contributed by atoms with E-state index < -0.39 is 0 Å². The molecule has 0 aliphatic rings. The molecule has 0 saturated carbocycles. The lowest BCUT2D eigenvalue weighted by molar-refractivity contribution is 0.0277. The molecule has 0 aromatic heterocycles. The van der Waals surface area contributed by atoms with E-state index in [0.29, 0.717) is 12.1 Å². The smallest absolute Gasteiger partial charge is 0.251 e. The minimum atomic E-state index is -0.305. The van der Waals surface area contributed by atoms with Gasteiger partial charge in [0.25, 0.3) is 5.91 Å². The molecule has 28 heavy (non-hydrogen) atoms. The maximum atomic E-state index is 12.5. The van der Waals surface area contributed by atoms with Crippen LogP contribution in [0, 0.1) is 6.92 Å². The van der Waals surface area contributed by atoms with Crippen molar-refractivity contribution in [3.05, 3.63) is 95.6 Å². The highest BCUT2D eigenvalue weighted by Crippen LogP contribution is 2.20. The Kier molecular flexibility index (Phi) is 6.95. The Hall–Kier alpha value is -2.95. The van der Waals surface area contributed by atoms with E-state index in [0.717, 1.165) is 22.3 Å². The third kappa shape index (κ3) is 5.28. The SMILES string of the molecule is Cc1ccc(C(CNC(=O)c2ccc(-c3ccccc3)cc2)OCCO)cc1. The van der Waals surface area contributed by atoms with Crippen molar-refractivity contribution in [2.45, 2.75) is 13.0 Å². The number of nitrogens with one attached hydrogen (secondary N) is 1. The minimum absolute atomic E-state index is 0.0583. The van der Waals surface area contributed by atoms with Gasteiger partial charge in [-0.25, -0.2) is 0 Å². The zero-order valence-electron chi connectivity index (χ0n) is 16.0. The van der Waals surface area contributed by atoms with Crippen LogP contribution in [0.25, 0.3) is 11.1 Å². The van der Waals surface area contributed by atoms with E-state index in [1.807, 2.05) is 85.8 Å². The summed E-state index contributed by atoms with van der Waals surface area (Å²) in [6, 6.07) is 25.6. The standard InChI is InChI=1S/C24H25NO3/c1-18-7-9-21(10-8-18)23(28-16-15-26)17-25-24(27)22-13-11-20(12-14-22)19-5-3-2-4-6-19/h2-14,23,26H,15-17H2,1H3,(H,25,27). The Bertz CT molecular complexity index is 874. The summed E-state index contributed by atoms with van der Waals surface area (Å²) in [6.07, 6.45) is -0.305. The molecule has 0 fully saturated rings. The number of carbonyl (C=O) groups is 1. The van der Waals surface area contributed by atoms with Crippen LogP contribution in [0.4, 0.5) is 0 Å². The number of carbonyl (C=O) groups excluding carboxylic acids is 1. The van der Waals surface area contributed by atoms with E-state index >= 15 is 0 Å². The Balaban J connectivity index is 1.64. The summed E-state index contributed by atoms with van der Waals surface area (Å²) < 4.78 is 5.72. The number of rotatable bonds is 8. The fraction of sp³-hybridized carbons (Fsp3) is 0.208. The summed E-state index contributed by atoms with van der Waals surface area (Å²) in [4.78, 5) is 12.5. The highest BCUT2D eigenvalue weighted by molar-refractivity contribution is 5.94. The van der Waals surface area contributed by atoms with Crippen LogP contribution in [-0.2, 0) is 4.74 Å². The maximum Gasteiger partial charge on any atom is 0.251 e. The van der Waals surface area contributed by atoms with Gasteiger partial charge in [0.15, 0.2) is 0 Å². The van der Waals surface area contributed by atoms with Gasteiger partial charge in [-0.3, -0.25) is 4.79 Å². The molecule has 0 heterocycles. The van der Waals surface area contributed by atoms with Crippen LogP contribution in [0.1, 0.15) is 27.6 Å². The van der Waals surface area contributed by atoms with E-state index in [1.54, 1.807) is 0 Å². The first-order valence-corrected chi connectivity index (χ1v) is 9.40. The van der Waals surface area contributed by atoms with E-state index in [9.17, 15) is 4.79 Å². The summed E-state index contributed by atoms with van der Waals surface area (Å²) in [5, 5.41) is 12.0. The number of aryl methyl sites for hydroxylation is 1. The molecule has 1 amide bonds. The lowest BCUT2D eigenvalue weighted by Gasteiger charge is -2.19. The summed E-state index contributed by atoms with van der Waals surface area (Å²) in [5.41, 5.74) is 4.92. The Morgan fingerprint density at radius 3 is 2.21 bits per heavy atom. The molecule has 2 N–H and O–H groups in total. The number of amides is 1. The molecule has 4 heteroatoms. The van der Waals surface area contributed by atoms with Gasteiger partial charge in [0, 0.05) is 12.1 Å². The summed E-state index contributed by atoms with van der Waals surface area (Å²) in [6.45, 7) is 2.52. The zero-order valence-corrected chi connectivity index (χ0v) is 16.0. The van der Waals surface area contributed by atoms with Gasteiger partial charge in [-0.2, -0.15) is 0 Å². The van der Waals surface area contributed by atoms with Crippen molar-refractivity contribution in [2.24, 2.45) is 0 Å². The van der Waals surface area contributed by atoms with Gasteiger partial charge >= 0.3 is 0 Å². The zero-order chi connectivity index (χ0) is 19.8. The first-order valence-electron chi connectivity index (χ1n) is 9.40. The minimum Gasteiger partial charge on any atom is -0.394 e. The van der Waals surface area contributed by atoms with E-state index in [1.165, 1.54) is 0 Å². The monoisotopic (exact) mass is 375 g/mol. The maximum absolute atomic E-state index is 12.5. The molecule has 1 unspecified atom stereocenters. The Labute approximate surface area is 165 Å². The molecule has 1 atom stereocenters. The van der Waals surface area contributed by atoms with Crippen molar-refractivity contribution >= 4 is 5.91 Å². The molecule has 0 aliphatic heterocycles. The lowest BCUT2D eigenvalue weighted by Crippen LogP contribution is -2.30. The molecule has 144 valence electrons. The van der Waals surface area contributed by atoms with Gasteiger partial charge in [0.05, 0.1) is 19.3 Å². The quantitative estimate of drug-likeness (QED) is 0.622. The molecule has 0 aliphatic carbocycles. The molecule has 0 spiro atoms. The molecule has 0 saturated heterocycles. The van der Waals surface area contributed by atoms with Crippen LogP contribution >= 0.6 is 0 Å². The average Bonchev–Trinajstić information content (AvgIpc) is 2.75. The predicted molar refractivity (Wildman–Crippen MR) is 111 cm³/mol. The van der Waals surface area contributed by atoms with Crippen molar-refractivity contribution in [1.82, 2.24) is 5.32 Å². The fourth-order valence-electron chi connectivity index (χ4n) is 2.98. The number of aliphatic hydroxyl groups is 1. The summed E-state index contributed by atoms with van der Waals surface area (Å²) >= 11 is 0. The second-order valence-corrected chi connectivity index (χ2v) is 6.65. The second-order valence-electron chi connectivity index (χ2n) is 6.65. The molecule has 3 aromatic rings. The van der Waals surface area contributed by atoms with Crippen molar-refractivity contribution in [3.63, 3.8) is 0 Å². The topological polar surface area (TPSA) is 58.6 Å². The number of benzene rings is 3. The average molecular weight is 375 g/mol. The van der Waals surface area contributed by atoms with Crippen molar-refractivity contribution in [1.29, 1.82) is 0 Å². The number of ether oxygens (including phenoxy) is 1. The summed E-state index contributed by atoms with van der Waals surface area (Å²) in [7, 11) is 0. The Morgan fingerprint density at radius 1 is 0.929 bits per heavy atom. The van der Waals surface area contributed by atoms with Crippen LogP contribution in [0.5, 0.6) is 0 Å². The largest absolute Gasteiger partial charge is 0.394 e. The van der Waals surface area contributed by atoms with E-state index in [-0.39, 0.29) is 25.2 Å². The van der Waals surface area contributed by atoms with Crippen LogP contribution < -0.4 is 5.32 Å². The number of hydrogen-bond donors (Lipinski definition) is 2. The normalized spacial score (nSPS) is 11.8. The lowest BCUT2D eigenvalue weighted by atomic mass is 10.0. The molecule has 4 nitrogen and oxygen atoms in total. The Morgan fingerprint density at radius 2 is 1.57 bits per heavy atom.